The summed E-state index contributed by atoms with van der Waals surface area (Å²) >= 11 is 1.25. The fourth-order valence-electron chi connectivity index (χ4n) is 2.58. The van der Waals surface area contributed by atoms with Crippen LogP contribution in [0.15, 0.2) is 47.3 Å². The zero-order valence-corrected chi connectivity index (χ0v) is 17.0. The average Bonchev–Trinajstić information content (AvgIpc) is 3.13. The van der Waals surface area contributed by atoms with Gasteiger partial charge in [0.05, 0.1) is 5.69 Å². The van der Waals surface area contributed by atoms with Gasteiger partial charge in [-0.25, -0.2) is 9.67 Å². The predicted octanol–water partition coefficient (Wildman–Crippen LogP) is 2.55. The molecule has 1 aromatic carbocycles. The number of benzene rings is 1. The van der Waals surface area contributed by atoms with E-state index in [0.29, 0.717) is 17.1 Å². The van der Waals surface area contributed by atoms with Gasteiger partial charge in [0.1, 0.15) is 9.88 Å². The Labute approximate surface area is 171 Å². The molecule has 0 unspecified atom stereocenters. The van der Waals surface area contributed by atoms with Crippen LogP contribution in [0, 0.1) is 6.92 Å². The van der Waals surface area contributed by atoms with E-state index < -0.39 is 11.8 Å². The third-order valence-electron chi connectivity index (χ3n) is 4.14. The summed E-state index contributed by atoms with van der Waals surface area (Å²) in [4.78, 5) is 41.4. The highest BCUT2D eigenvalue weighted by Crippen LogP contribution is 2.27. The Morgan fingerprint density at radius 1 is 1.07 bits per heavy atom. The number of thiazole rings is 1. The van der Waals surface area contributed by atoms with Gasteiger partial charge in [-0.2, -0.15) is 5.10 Å². The third kappa shape index (κ3) is 4.94. The lowest BCUT2D eigenvalue weighted by Crippen LogP contribution is -2.42. The van der Waals surface area contributed by atoms with Crippen molar-refractivity contribution in [3.63, 3.8) is 0 Å². The second-order valence-electron chi connectivity index (χ2n) is 6.34. The average molecular weight is 411 g/mol. The molecule has 0 aliphatic carbocycles. The van der Waals surface area contributed by atoms with Crippen LogP contribution in [0.5, 0.6) is 0 Å². The Hall–Kier alpha value is -3.33. The molecule has 0 radical (unpaired) electrons. The number of carbonyl (C=O) groups is 2. The molecule has 2 aromatic heterocycles. The van der Waals surface area contributed by atoms with Gasteiger partial charge in [0, 0.05) is 18.2 Å². The number of aryl methyl sites for hydroxylation is 2. The summed E-state index contributed by atoms with van der Waals surface area (Å²) < 4.78 is 1.25. The number of aromatic nitrogens is 3. The Morgan fingerprint density at radius 3 is 2.52 bits per heavy atom. The highest BCUT2D eigenvalue weighted by atomic mass is 32.1. The van der Waals surface area contributed by atoms with E-state index in [-0.39, 0.29) is 11.3 Å². The van der Waals surface area contributed by atoms with Crippen molar-refractivity contribution in [3.05, 3.63) is 69.1 Å². The number of nitrogens with one attached hydrogen (secondary N) is 2. The number of hydrogen-bond acceptors (Lipinski definition) is 6. The minimum Gasteiger partial charge on any atom is -0.268 e. The number of rotatable bonds is 6. The van der Waals surface area contributed by atoms with E-state index in [1.165, 1.54) is 28.2 Å². The van der Waals surface area contributed by atoms with E-state index in [0.717, 1.165) is 23.4 Å². The first-order valence-corrected chi connectivity index (χ1v) is 10.0. The summed E-state index contributed by atoms with van der Waals surface area (Å²) in [5.41, 5.74) is 6.00. The maximum Gasteiger partial charge on any atom is 0.290 e. The van der Waals surface area contributed by atoms with Crippen molar-refractivity contribution in [1.29, 1.82) is 0 Å². The zero-order valence-electron chi connectivity index (χ0n) is 16.1. The molecule has 0 saturated carbocycles. The van der Waals surface area contributed by atoms with Crippen LogP contribution in [-0.2, 0) is 6.54 Å². The van der Waals surface area contributed by atoms with Crippen LogP contribution in [-0.4, -0.2) is 26.6 Å². The van der Waals surface area contributed by atoms with Crippen molar-refractivity contribution in [2.75, 3.05) is 0 Å². The van der Waals surface area contributed by atoms with Gasteiger partial charge >= 0.3 is 0 Å². The SMILES string of the molecule is CCCCn1nc(C(=O)NNC(=O)c2sc(-c3ccccc3)nc2C)ccc1=O. The Balaban J connectivity index is 1.67. The van der Waals surface area contributed by atoms with Crippen LogP contribution in [0.1, 0.15) is 45.6 Å². The Kier molecular flexibility index (Phi) is 6.50. The first-order valence-electron chi connectivity index (χ1n) is 9.21. The Bertz CT molecular complexity index is 1080. The van der Waals surface area contributed by atoms with Gasteiger partial charge in [-0.15, -0.1) is 11.3 Å². The molecule has 2 N–H and O–H groups in total. The standard InChI is InChI=1S/C20H21N5O3S/c1-3-4-12-25-16(26)11-10-15(24-25)18(27)22-23-19(28)17-13(2)21-20(29-17)14-8-6-5-7-9-14/h5-11H,3-4,12H2,1-2H3,(H,22,27)(H,23,28). The first-order chi connectivity index (χ1) is 14.0. The smallest absolute Gasteiger partial charge is 0.268 e. The van der Waals surface area contributed by atoms with E-state index in [1.807, 2.05) is 37.3 Å². The minimum absolute atomic E-state index is 0.0482. The molecule has 0 aliphatic heterocycles. The lowest BCUT2D eigenvalue weighted by atomic mass is 10.2. The molecule has 2 amide bonds. The molecule has 9 heteroatoms. The van der Waals surface area contributed by atoms with Gasteiger partial charge < -0.3 is 0 Å². The van der Waals surface area contributed by atoms with Crippen LogP contribution < -0.4 is 16.4 Å². The fraction of sp³-hybridized carbons (Fsp3) is 0.250. The molecular weight excluding hydrogens is 390 g/mol. The quantitative estimate of drug-likeness (QED) is 0.607. The first kappa shape index (κ1) is 20.4. The number of unbranched alkanes of at least 4 members (excludes halogenated alkanes) is 1. The topological polar surface area (TPSA) is 106 Å². The third-order valence-corrected chi connectivity index (χ3v) is 5.34. The number of nitrogens with zero attached hydrogens (tertiary/aromatic N) is 3. The molecule has 2 heterocycles. The normalized spacial score (nSPS) is 10.6. The maximum atomic E-state index is 12.5. The molecule has 150 valence electrons. The second-order valence-corrected chi connectivity index (χ2v) is 7.34. The van der Waals surface area contributed by atoms with Crippen LogP contribution in [0.4, 0.5) is 0 Å². The zero-order chi connectivity index (χ0) is 20.8. The van der Waals surface area contributed by atoms with Gasteiger partial charge in [-0.05, 0) is 19.4 Å². The summed E-state index contributed by atoms with van der Waals surface area (Å²) in [6.07, 6.45) is 1.68. The predicted molar refractivity (Wildman–Crippen MR) is 111 cm³/mol. The summed E-state index contributed by atoms with van der Waals surface area (Å²) in [5, 5.41) is 4.78. The number of carbonyl (C=O) groups excluding carboxylic acids is 2. The lowest BCUT2D eigenvalue weighted by Gasteiger charge is -2.08. The maximum absolute atomic E-state index is 12.5. The Morgan fingerprint density at radius 2 is 1.79 bits per heavy atom. The second kappa shape index (κ2) is 9.24. The molecule has 3 aromatic rings. The van der Waals surface area contributed by atoms with E-state index in [1.54, 1.807) is 6.92 Å². The molecular formula is C20H21N5O3S. The van der Waals surface area contributed by atoms with E-state index >= 15 is 0 Å². The van der Waals surface area contributed by atoms with E-state index in [4.69, 9.17) is 0 Å². The monoisotopic (exact) mass is 411 g/mol. The molecule has 29 heavy (non-hydrogen) atoms. The van der Waals surface area contributed by atoms with Crippen LogP contribution in [0.25, 0.3) is 10.6 Å². The van der Waals surface area contributed by atoms with Gasteiger partial charge in [0.2, 0.25) is 0 Å². The highest BCUT2D eigenvalue weighted by Gasteiger charge is 2.17. The number of hydrogen-bond donors (Lipinski definition) is 2. The van der Waals surface area contributed by atoms with Crippen molar-refractivity contribution in [3.8, 4) is 10.6 Å². The summed E-state index contributed by atoms with van der Waals surface area (Å²) in [7, 11) is 0. The number of hydrazine groups is 1. The lowest BCUT2D eigenvalue weighted by molar-refractivity contribution is 0.0844. The van der Waals surface area contributed by atoms with Crippen LogP contribution >= 0.6 is 11.3 Å². The molecule has 8 nitrogen and oxygen atoms in total. The molecule has 0 fully saturated rings. The molecule has 3 rings (SSSR count). The number of amides is 2. The molecule has 0 bridgehead atoms. The fourth-order valence-corrected chi connectivity index (χ4v) is 3.55. The molecule has 0 spiro atoms. The van der Waals surface area contributed by atoms with Gasteiger partial charge in [-0.1, -0.05) is 43.7 Å². The van der Waals surface area contributed by atoms with Crippen LogP contribution in [0.3, 0.4) is 0 Å². The minimum atomic E-state index is -0.603. The molecule has 0 atom stereocenters. The van der Waals surface area contributed by atoms with Crippen molar-refractivity contribution in [1.82, 2.24) is 25.6 Å². The summed E-state index contributed by atoms with van der Waals surface area (Å²) in [6, 6.07) is 12.2. The summed E-state index contributed by atoms with van der Waals surface area (Å²) in [5.74, 6) is -1.07. The molecule has 0 aliphatic rings. The van der Waals surface area contributed by atoms with Crippen LogP contribution in [0.2, 0.25) is 0 Å². The largest absolute Gasteiger partial charge is 0.290 e. The van der Waals surface area contributed by atoms with Crippen molar-refractivity contribution < 1.29 is 9.59 Å². The van der Waals surface area contributed by atoms with Gasteiger partial charge in [0.15, 0.2) is 5.69 Å². The van der Waals surface area contributed by atoms with Crippen molar-refractivity contribution >= 4 is 23.2 Å². The van der Waals surface area contributed by atoms with E-state index in [9.17, 15) is 14.4 Å². The summed E-state index contributed by atoms with van der Waals surface area (Å²) in [6.45, 7) is 4.18. The van der Waals surface area contributed by atoms with E-state index in [2.05, 4.69) is 20.9 Å². The highest BCUT2D eigenvalue weighted by molar-refractivity contribution is 7.17. The van der Waals surface area contributed by atoms with Crippen molar-refractivity contribution in [2.24, 2.45) is 0 Å². The van der Waals surface area contributed by atoms with Gasteiger partial charge in [0.25, 0.3) is 17.4 Å². The molecule has 0 saturated heterocycles. The van der Waals surface area contributed by atoms with Crippen molar-refractivity contribution in [2.45, 2.75) is 33.2 Å². The van der Waals surface area contributed by atoms with Gasteiger partial charge in [-0.3, -0.25) is 25.2 Å².